The number of pyridine rings is 1. The fraction of sp³-hybridized carbons (Fsp3) is 0.571. The number of carbonyl (C=O) groups is 1. The number of hydrogen-bond donors (Lipinski definition) is 1. The van der Waals surface area contributed by atoms with Crippen LogP contribution in [-0.4, -0.2) is 28.9 Å². The van der Waals surface area contributed by atoms with Crippen molar-refractivity contribution in [1.82, 2.24) is 9.88 Å². The summed E-state index contributed by atoms with van der Waals surface area (Å²) in [6, 6.07) is 5.53. The van der Waals surface area contributed by atoms with Gasteiger partial charge in [-0.25, -0.2) is 4.98 Å². The molecule has 1 saturated carbocycles. The third kappa shape index (κ3) is 2.81. The molecule has 1 aliphatic rings. The molecule has 0 aliphatic heterocycles. The smallest absolute Gasteiger partial charge is 0.272 e. The molecule has 0 spiro atoms. The summed E-state index contributed by atoms with van der Waals surface area (Å²) in [5.41, 5.74) is 6.05. The number of hydrogen-bond acceptors (Lipinski definition) is 3. The van der Waals surface area contributed by atoms with Crippen molar-refractivity contribution in [2.24, 2.45) is 5.92 Å². The molecule has 2 rings (SSSR count). The molecule has 0 aromatic carbocycles. The van der Waals surface area contributed by atoms with Crippen LogP contribution in [0.3, 0.4) is 0 Å². The zero-order valence-electron chi connectivity index (χ0n) is 11.1. The van der Waals surface area contributed by atoms with Gasteiger partial charge >= 0.3 is 0 Å². The number of amides is 1. The van der Waals surface area contributed by atoms with Crippen molar-refractivity contribution in [3.8, 4) is 0 Å². The standard InChI is InChI=1S/C14H21N3O/c1-10-6-8-11(9-7-10)17(2)14(18)12-4-3-5-13(15)16-12/h3-5,10-11H,6-9H2,1-2H3,(H2,15,16). The first-order valence-corrected chi connectivity index (χ1v) is 6.57. The molecular formula is C14H21N3O. The number of rotatable bonds is 2. The minimum absolute atomic E-state index is 0.0261. The van der Waals surface area contributed by atoms with Gasteiger partial charge in [-0.2, -0.15) is 0 Å². The lowest BCUT2D eigenvalue weighted by Gasteiger charge is -2.33. The molecule has 0 atom stereocenters. The fourth-order valence-corrected chi connectivity index (χ4v) is 2.55. The number of nitrogens with zero attached hydrogens (tertiary/aromatic N) is 2. The minimum atomic E-state index is -0.0261. The predicted octanol–water partition coefficient (Wildman–Crippen LogP) is 2.31. The Morgan fingerprint density at radius 3 is 2.61 bits per heavy atom. The SMILES string of the molecule is CC1CCC(N(C)C(=O)c2cccc(N)n2)CC1. The predicted molar refractivity (Wildman–Crippen MR) is 72.2 cm³/mol. The first-order chi connectivity index (χ1) is 8.58. The van der Waals surface area contributed by atoms with Crippen molar-refractivity contribution in [2.75, 3.05) is 12.8 Å². The van der Waals surface area contributed by atoms with E-state index in [0.29, 0.717) is 17.6 Å². The Kier molecular flexibility index (Phi) is 3.84. The Morgan fingerprint density at radius 2 is 2.00 bits per heavy atom. The first kappa shape index (κ1) is 12.9. The molecule has 4 nitrogen and oxygen atoms in total. The van der Waals surface area contributed by atoms with Crippen LogP contribution in [-0.2, 0) is 0 Å². The molecular weight excluding hydrogens is 226 g/mol. The lowest BCUT2D eigenvalue weighted by Crippen LogP contribution is -2.39. The molecule has 1 aromatic heterocycles. The number of nitrogens with two attached hydrogens (primary N) is 1. The lowest BCUT2D eigenvalue weighted by molar-refractivity contribution is 0.0674. The highest BCUT2D eigenvalue weighted by atomic mass is 16.2. The van der Waals surface area contributed by atoms with Gasteiger partial charge in [0.1, 0.15) is 11.5 Å². The van der Waals surface area contributed by atoms with E-state index in [9.17, 15) is 4.79 Å². The second kappa shape index (κ2) is 5.38. The van der Waals surface area contributed by atoms with E-state index in [1.807, 2.05) is 11.9 Å². The number of aromatic nitrogens is 1. The van der Waals surface area contributed by atoms with E-state index < -0.39 is 0 Å². The third-order valence-corrected chi connectivity index (χ3v) is 3.84. The zero-order valence-corrected chi connectivity index (χ0v) is 11.1. The molecule has 0 radical (unpaired) electrons. The maximum atomic E-state index is 12.3. The molecule has 1 amide bonds. The molecule has 0 saturated heterocycles. The molecule has 1 fully saturated rings. The van der Waals surface area contributed by atoms with Crippen molar-refractivity contribution in [3.63, 3.8) is 0 Å². The second-order valence-electron chi connectivity index (χ2n) is 5.28. The summed E-state index contributed by atoms with van der Waals surface area (Å²) in [4.78, 5) is 18.2. The van der Waals surface area contributed by atoms with Gasteiger partial charge in [0.2, 0.25) is 0 Å². The molecule has 0 bridgehead atoms. The average molecular weight is 247 g/mol. The highest BCUT2D eigenvalue weighted by Gasteiger charge is 2.25. The van der Waals surface area contributed by atoms with Gasteiger partial charge in [0, 0.05) is 13.1 Å². The van der Waals surface area contributed by atoms with E-state index >= 15 is 0 Å². The van der Waals surface area contributed by atoms with E-state index in [4.69, 9.17) is 5.73 Å². The van der Waals surface area contributed by atoms with Gasteiger partial charge in [-0.3, -0.25) is 4.79 Å². The van der Waals surface area contributed by atoms with E-state index in [-0.39, 0.29) is 5.91 Å². The highest BCUT2D eigenvalue weighted by molar-refractivity contribution is 5.92. The van der Waals surface area contributed by atoms with Crippen molar-refractivity contribution >= 4 is 11.7 Å². The maximum absolute atomic E-state index is 12.3. The van der Waals surface area contributed by atoms with Gasteiger partial charge < -0.3 is 10.6 Å². The summed E-state index contributed by atoms with van der Waals surface area (Å²) in [5, 5.41) is 0. The van der Waals surface area contributed by atoms with Crippen LogP contribution < -0.4 is 5.73 Å². The summed E-state index contributed by atoms with van der Waals surface area (Å²) < 4.78 is 0. The first-order valence-electron chi connectivity index (χ1n) is 6.57. The molecule has 1 heterocycles. The van der Waals surface area contributed by atoms with Gasteiger partial charge in [0.25, 0.3) is 5.91 Å². The van der Waals surface area contributed by atoms with Crippen LogP contribution in [0, 0.1) is 5.92 Å². The van der Waals surface area contributed by atoms with Crippen molar-refractivity contribution in [1.29, 1.82) is 0 Å². The number of nitrogen functional groups attached to an aromatic ring is 1. The monoisotopic (exact) mass is 247 g/mol. The van der Waals surface area contributed by atoms with Crippen LogP contribution in [0.4, 0.5) is 5.82 Å². The van der Waals surface area contributed by atoms with E-state index in [1.165, 1.54) is 12.8 Å². The third-order valence-electron chi connectivity index (χ3n) is 3.84. The van der Waals surface area contributed by atoms with E-state index in [1.54, 1.807) is 18.2 Å². The van der Waals surface area contributed by atoms with Gasteiger partial charge in [-0.05, 0) is 43.7 Å². The van der Waals surface area contributed by atoms with Crippen molar-refractivity contribution < 1.29 is 4.79 Å². The lowest BCUT2D eigenvalue weighted by atomic mass is 9.86. The van der Waals surface area contributed by atoms with Gasteiger partial charge in [0.15, 0.2) is 0 Å². The molecule has 98 valence electrons. The zero-order chi connectivity index (χ0) is 13.1. The second-order valence-corrected chi connectivity index (χ2v) is 5.28. The summed E-state index contributed by atoms with van der Waals surface area (Å²) in [5.74, 6) is 1.16. The van der Waals surface area contributed by atoms with E-state index in [2.05, 4.69) is 11.9 Å². The molecule has 0 unspecified atom stereocenters. The minimum Gasteiger partial charge on any atom is -0.384 e. The fourth-order valence-electron chi connectivity index (χ4n) is 2.55. The summed E-state index contributed by atoms with van der Waals surface area (Å²) >= 11 is 0. The molecule has 18 heavy (non-hydrogen) atoms. The van der Waals surface area contributed by atoms with Gasteiger partial charge in [0.05, 0.1) is 0 Å². The topological polar surface area (TPSA) is 59.2 Å². The van der Waals surface area contributed by atoms with Gasteiger partial charge in [-0.15, -0.1) is 0 Å². The summed E-state index contributed by atoms with van der Waals surface area (Å²) in [6.07, 6.45) is 4.58. The average Bonchev–Trinajstić information content (AvgIpc) is 2.38. The van der Waals surface area contributed by atoms with Crippen molar-refractivity contribution in [3.05, 3.63) is 23.9 Å². The normalized spacial score (nSPS) is 23.7. The van der Waals surface area contributed by atoms with Crippen LogP contribution in [0.25, 0.3) is 0 Å². The summed E-state index contributed by atoms with van der Waals surface area (Å²) in [7, 11) is 1.87. The molecule has 1 aromatic rings. The Balaban J connectivity index is 2.04. The molecule has 4 heteroatoms. The van der Waals surface area contributed by atoms with Crippen LogP contribution in [0.15, 0.2) is 18.2 Å². The van der Waals surface area contributed by atoms with Crippen LogP contribution in [0.5, 0.6) is 0 Å². The van der Waals surface area contributed by atoms with Crippen LogP contribution in [0.2, 0.25) is 0 Å². The quantitative estimate of drug-likeness (QED) is 0.872. The Bertz CT molecular complexity index is 425. The van der Waals surface area contributed by atoms with E-state index in [0.717, 1.165) is 18.8 Å². The maximum Gasteiger partial charge on any atom is 0.272 e. The largest absolute Gasteiger partial charge is 0.384 e. The Hall–Kier alpha value is -1.58. The van der Waals surface area contributed by atoms with Crippen LogP contribution in [0.1, 0.15) is 43.1 Å². The molecule has 1 aliphatic carbocycles. The number of carbonyl (C=O) groups excluding carboxylic acids is 1. The van der Waals surface area contributed by atoms with Crippen LogP contribution >= 0.6 is 0 Å². The van der Waals surface area contributed by atoms with Gasteiger partial charge in [-0.1, -0.05) is 13.0 Å². The highest BCUT2D eigenvalue weighted by Crippen LogP contribution is 2.27. The van der Waals surface area contributed by atoms with Crippen molar-refractivity contribution in [2.45, 2.75) is 38.6 Å². The Labute approximate surface area is 108 Å². The Morgan fingerprint density at radius 1 is 1.33 bits per heavy atom. The molecule has 2 N–H and O–H groups in total. The summed E-state index contributed by atoms with van der Waals surface area (Å²) in [6.45, 7) is 2.28. The number of anilines is 1.